The molecule has 0 radical (unpaired) electrons. The summed E-state index contributed by atoms with van der Waals surface area (Å²) in [5, 5.41) is 17.4. The summed E-state index contributed by atoms with van der Waals surface area (Å²) in [6.45, 7) is 7.32. The number of nitrogens with one attached hydrogen (secondary N) is 2. The Kier molecular flexibility index (Phi) is 8.47. The third-order valence-corrected chi connectivity index (χ3v) is 6.64. The van der Waals surface area contributed by atoms with Gasteiger partial charge in [-0.25, -0.2) is 0 Å². The smallest absolute Gasteiger partial charge is 0.191 e. The molecule has 1 aromatic carbocycles. The van der Waals surface area contributed by atoms with Gasteiger partial charge in [-0.3, -0.25) is 9.89 Å². The Bertz CT molecular complexity index is 644. The van der Waals surface area contributed by atoms with Gasteiger partial charge in [0.25, 0.3) is 0 Å². The second kappa shape index (κ2) is 11.1. The fraction of sp³-hybridized carbons (Fsp3) is 0.667. The van der Waals surface area contributed by atoms with Crippen LogP contribution in [0.25, 0.3) is 0 Å². The second-order valence-electron chi connectivity index (χ2n) is 7.54. The Balaban J connectivity index is 1.68. The fourth-order valence-electron chi connectivity index (χ4n) is 3.66. The summed E-state index contributed by atoms with van der Waals surface area (Å²) >= 11 is 1.79. The van der Waals surface area contributed by atoms with Crippen LogP contribution in [-0.4, -0.2) is 86.1 Å². The van der Waals surface area contributed by atoms with E-state index in [2.05, 4.69) is 39.6 Å². The summed E-state index contributed by atoms with van der Waals surface area (Å²) in [5.74, 6) is 3.38. The predicted molar refractivity (Wildman–Crippen MR) is 119 cm³/mol. The molecule has 7 nitrogen and oxygen atoms in total. The monoisotopic (exact) mass is 422 g/mol. The molecule has 0 amide bonds. The van der Waals surface area contributed by atoms with Gasteiger partial charge in [0.2, 0.25) is 0 Å². The molecule has 2 atom stereocenters. The third kappa shape index (κ3) is 6.50. The molecule has 1 aromatic rings. The van der Waals surface area contributed by atoms with Crippen LogP contribution in [-0.2, 0) is 4.74 Å². The highest BCUT2D eigenvalue weighted by Gasteiger charge is 2.31. The van der Waals surface area contributed by atoms with E-state index in [1.807, 2.05) is 12.1 Å². The van der Waals surface area contributed by atoms with Gasteiger partial charge in [0.05, 0.1) is 38.5 Å². The summed E-state index contributed by atoms with van der Waals surface area (Å²) in [7, 11) is 1.69. The number of aliphatic imine (C=N–C) groups is 1. The topological polar surface area (TPSA) is 78.4 Å². The molecule has 2 unspecified atom stereocenters. The van der Waals surface area contributed by atoms with Crippen molar-refractivity contribution in [1.29, 1.82) is 0 Å². The highest BCUT2D eigenvalue weighted by molar-refractivity contribution is 7.99. The van der Waals surface area contributed by atoms with E-state index in [0.29, 0.717) is 6.54 Å². The molecule has 3 rings (SSSR count). The van der Waals surface area contributed by atoms with Crippen LogP contribution in [0.15, 0.2) is 29.3 Å². The third-order valence-electron chi connectivity index (χ3n) is 5.41. The van der Waals surface area contributed by atoms with E-state index in [1.54, 1.807) is 18.9 Å². The van der Waals surface area contributed by atoms with Gasteiger partial charge in [-0.15, -0.1) is 0 Å². The fourth-order valence-corrected chi connectivity index (χ4v) is 4.94. The first kappa shape index (κ1) is 22.2. The van der Waals surface area contributed by atoms with Crippen LogP contribution in [0.2, 0.25) is 0 Å². The normalized spacial score (nSPS) is 24.3. The van der Waals surface area contributed by atoms with Gasteiger partial charge in [0.1, 0.15) is 5.75 Å². The highest BCUT2D eigenvalue weighted by atomic mass is 32.2. The maximum Gasteiger partial charge on any atom is 0.191 e. The Morgan fingerprint density at radius 2 is 2.07 bits per heavy atom. The first-order chi connectivity index (χ1) is 14.1. The van der Waals surface area contributed by atoms with Crippen molar-refractivity contribution in [3.63, 3.8) is 0 Å². The maximum absolute atomic E-state index is 10.6. The number of benzene rings is 1. The Morgan fingerprint density at radius 1 is 1.31 bits per heavy atom. The van der Waals surface area contributed by atoms with Crippen LogP contribution >= 0.6 is 11.8 Å². The largest absolute Gasteiger partial charge is 0.497 e. The Labute approximate surface area is 178 Å². The summed E-state index contributed by atoms with van der Waals surface area (Å²) in [6.07, 6.45) is 0.808. The van der Waals surface area contributed by atoms with Crippen molar-refractivity contribution in [3.05, 3.63) is 29.8 Å². The van der Waals surface area contributed by atoms with Crippen LogP contribution in [0.5, 0.6) is 5.75 Å². The van der Waals surface area contributed by atoms with Crippen molar-refractivity contribution in [2.24, 2.45) is 4.99 Å². The van der Waals surface area contributed by atoms with Gasteiger partial charge in [0, 0.05) is 31.9 Å². The quantitative estimate of drug-likeness (QED) is 0.433. The molecule has 2 fully saturated rings. The van der Waals surface area contributed by atoms with Gasteiger partial charge in [0.15, 0.2) is 5.96 Å². The lowest BCUT2D eigenvalue weighted by atomic mass is 10.0. The first-order valence-corrected chi connectivity index (χ1v) is 11.6. The van der Waals surface area contributed by atoms with Gasteiger partial charge in [-0.2, -0.15) is 11.8 Å². The Hall–Kier alpha value is -1.48. The average molecular weight is 423 g/mol. The van der Waals surface area contributed by atoms with Crippen LogP contribution in [0.3, 0.4) is 0 Å². The van der Waals surface area contributed by atoms with Crippen molar-refractivity contribution >= 4 is 17.7 Å². The number of hydrogen-bond donors (Lipinski definition) is 3. The molecule has 2 heterocycles. The number of aliphatic hydroxyl groups is 1. The molecule has 0 aliphatic carbocycles. The minimum atomic E-state index is -0.674. The minimum Gasteiger partial charge on any atom is -0.497 e. The molecule has 8 heteroatoms. The molecular weight excluding hydrogens is 388 g/mol. The second-order valence-corrected chi connectivity index (χ2v) is 8.65. The average Bonchev–Trinajstić information content (AvgIpc) is 3.20. The molecular formula is C21H34N4O3S. The molecule has 0 aromatic heterocycles. The number of hydrogen-bond acceptors (Lipinski definition) is 6. The van der Waals surface area contributed by atoms with Gasteiger partial charge >= 0.3 is 0 Å². The number of morpholine rings is 1. The molecule has 3 N–H and O–H groups in total. The van der Waals surface area contributed by atoms with Gasteiger partial charge in [-0.1, -0.05) is 12.1 Å². The molecule has 2 saturated heterocycles. The number of ether oxygens (including phenoxy) is 2. The van der Waals surface area contributed by atoms with E-state index < -0.39 is 5.60 Å². The van der Waals surface area contributed by atoms with E-state index >= 15 is 0 Å². The molecule has 0 saturated carbocycles. The van der Waals surface area contributed by atoms with Crippen LogP contribution in [0.4, 0.5) is 0 Å². The van der Waals surface area contributed by atoms with Crippen LogP contribution in [0, 0.1) is 0 Å². The number of rotatable bonds is 8. The lowest BCUT2D eigenvalue weighted by molar-refractivity contribution is 0.0169. The van der Waals surface area contributed by atoms with Gasteiger partial charge in [-0.05, 0) is 36.8 Å². The summed E-state index contributed by atoms with van der Waals surface area (Å²) in [6, 6.07) is 8.48. The van der Waals surface area contributed by atoms with E-state index in [9.17, 15) is 5.11 Å². The molecule has 0 bridgehead atoms. The van der Waals surface area contributed by atoms with E-state index in [4.69, 9.17) is 9.47 Å². The SMILES string of the molecule is CCNC(=NCC1(O)CCSC1)NCC(c1ccc(OC)cc1)N1CCOCC1. The summed E-state index contributed by atoms with van der Waals surface area (Å²) in [5.41, 5.74) is 0.564. The zero-order valence-electron chi connectivity index (χ0n) is 17.5. The van der Waals surface area contributed by atoms with Crippen LogP contribution in [0.1, 0.15) is 24.9 Å². The molecule has 29 heavy (non-hydrogen) atoms. The number of guanidine groups is 1. The van der Waals surface area contributed by atoms with E-state index in [-0.39, 0.29) is 6.04 Å². The van der Waals surface area contributed by atoms with Crippen LogP contribution < -0.4 is 15.4 Å². The van der Waals surface area contributed by atoms with E-state index in [0.717, 1.165) is 69.0 Å². The van der Waals surface area contributed by atoms with Crippen molar-refractivity contribution in [2.45, 2.75) is 25.0 Å². The zero-order chi connectivity index (χ0) is 20.5. The first-order valence-electron chi connectivity index (χ1n) is 10.4. The molecule has 162 valence electrons. The highest BCUT2D eigenvalue weighted by Crippen LogP contribution is 2.28. The number of nitrogens with zero attached hydrogens (tertiary/aromatic N) is 2. The molecule has 2 aliphatic heterocycles. The predicted octanol–water partition coefficient (Wildman–Crippen LogP) is 1.49. The molecule has 0 spiro atoms. The van der Waals surface area contributed by atoms with Crippen molar-refractivity contribution in [2.75, 3.05) is 64.6 Å². The van der Waals surface area contributed by atoms with Crippen molar-refractivity contribution in [3.8, 4) is 5.75 Å². The Morgan fingerprint density at radius 3 is 2.69 bits per heavy atom. The lowest BCUT2D eigenvalue weighted by Gasteiger charge is -2.35. The summed E-state index contributed by atoms with van der Waals surface area (Å²) < 4.78 is 10.9. The van der Waals surface area contributed by atoms with Crippen molar-refractivity contribution in [1.82, 2.24) is 15.5 Å². The standard InChI is InChI=1S/C21H34N4O3S/c1-3-22-20(24-15-21(26)8-13-29-16-21)23-14-19(25-9-11-28-12-10-25)17-4-6-18(27-2)7-5-17/h4-7,19,26H,3,8-16H2,1-2H3,(H2,22,23,24). The van der Waals surface area contributed by atoms with E-state index in [1.165, 1.54) is 5.56 Å². The maximum atomic E-state index is 10.6. The molecule has 2 aliphatic rings. The van der Waals surface area contributed by atoms with Gasteiger partial charge < -0.3 is 25.2 Å². The number of thioether (sulfide) groups is 1. The summed E-state index contributed by atoms with van der Waals surface area (Å²) in [4.78, 5) is 7.12. The van der Waals surface area contributed by atoms with Crippen molar-refractivity contribution < 1.29 is 14.6 Å². The number of methoxy groups -OCH3 is 1. The minimum absolute atomic E-state index is 0.207. The zero-order valence-corrected chi connectivity index (χ0v) is 18.3. The lowest BCUT2D eigenvalue weighted by Crippen LogP contribution is -2.46.